The van der Waals surface area contributed by atoms with Crippen LogP contribution >= 0.6 is 34.8 Å². The second kappa shape index (κ2) is 14.9. The first kappa shape index (κ1) is 33.3. The molecule has 0 heterocycles. The highest BCUT2D eigenvalue weighted by Gasteiger charge is 2.34. The summed E-state index contributed by atoms with van der Waals surface area (Å²) in [4.78, 5) is 29.3. The van der Waals surface area contributed by atoms with Crippen molar-refractivity contribution >= 4 is 62.3 Å². The van der Waals surface area contributed by atoms with Gasteiger partial charge in [0.05, 0.1) is 20.6 Å². The summed E-state index contributed by atoms with van der Waals surface area (Å²) < 4.78 is 29.1. The van der Waals surface area contributed by atoms with E-state index in [1.807, 2.05) is 37.3 Å². The smallest absolute Gasteiger partial charge is 0.264 e. The molecule has 1 N–H and O–H groups in total. The number of benzene rings is 4. The van der Waals surface area contributed by atoms with Gasteiger partial charge in [0.1, 0.15) is 12.6 Å². The summed E-state index contributed by atoms with van der Waals surface area (Å²) in [6, 6.07) is 25.9. The van der Waals surface area contributed by atoms with E-state index >= 15 is 0 Å². The highest BCUT2D eigenvalue weighted by molar-refractivity contribution is 7.92. The minimum absolute atomic E-state index is 0.0199. The molecule has 0 fully saturated rings. The normalized spacial score (nSPS) is 11.9. The van der Waals surface area contributed by atoms with Crippen molar-refractivity contribution in [2.45, 2.75) is 37.8 Å². The maximum absolute atomic E-state index is 14.4. The number of amides is 2. The summed E-state index contributed by atoms with van der Waals surface area (Å²) in [5.74, 6) is -0.960. The Hall–Kier alpha value is -3.56. The van der Waals surface area contributed by atoms with E-state index in [2.05, 4.69) is 5.32 Å². The van der Waals surface area contributed by atoms with Gasteiger partial charge in [0.25, 0.3) is 10.0 Å². The lowest BCUT2D eigenvalue weighted by molar-refractivity contribution is -0.140. The van der Waals surface area contributed by atoms with Crippen molar-refractivity contribution in [2.75, 3.05) is 17.4 Å². The third-order valence-corrected chi connectivity index (χ3v) is 9.74. The Morgan fingerprint density at radius 3 is 2.09 bits per heavy atom. The predicted octanol–water partition coefficient (Wildman–Crippen LogP) is 6.93. The molecule has 7 nitrogen and oxygen atoms in total. The van der Waals surface area contributed by atoms with Crippen LogP contribution in [0.25, 0.3) is 0 Å². The molecule has 11 heteroatoms. The van der Waals surface area contributed by atoms with Gasteiger partial charge in [-0.3, -0.25) is 13.9 Å². The van der Waals surface area contributed by atoms with Gasteiger partial charge < -0.3 is 10.2 Å². The van der Waals surface area contributed by atoms with E-state index in [0.29, 0.717) is 27.2 Å². The number of anilines is 1. The van der Waals surface area contributed by atoms with Gasteiger partial charge in [0.15, 0.2) is 0 Å². The van der Waals surface area contributed by atoms with E-state index in [4.69, 9.17) is 34.8 Å². The molecular weight excluding hydrogens is 641 g/mol. The van der Waals surface area contributed by atoms with Gasteiger partial charge in [-0.1, -0.05) is 88.9 Å². The van der Waals surface area contributed by atoms with Crippen molar-refractivity contribution in [2.24, 2.45) is 0 Å². The Bertz CT molecular complexity index is 1700. The Kier molecular flexibility index (Phi) is 11.3. The molecule has 4 aromatic rings. The van der Waals surface area contributed by atoms with Crippen LogP contribution in [0.15, 0.2) is 102 Å². The number of carbonyl (C=O) groups is 2. The summed E-state index contributed by atoms with van der Waals surface area (Å²) in [6.07, 6.45) is 0.200. The first-order valence-corrected chi connectivity index (χ1v) is 16.5. The molecule has 0 bridgehead atoms. The zero-order valence-corrected chi connectivity index (χ0v) is 27.3. The molecule has 0 saturated heterocycles. The van der Waals surface area contributed by atoms with Gasteiger partial charge in [-0.15, -0.1) is 0 Å². The minimum atomic E-state index is -4.21. The average Bonchev–Trinajstić information content (AvgIpc) is 3.00. The van der Waals surface area contributed by atoms with E-state index in [-0.39, 0.29) is 29.5 Å². The van der Waals surface area contributed by atoms with Gasteiger partial charge in [0.2, 0.25) is 11.8 Å². The molecule has 0 aliphatic heterocycles. The zero-order valence-electron chi connectivity index (χ0n) is 24.2. The number of nitrogens with zero attached hydrogens (tertiary/aromatic N) is 2. The van der Waals surface area contributed by atoms with Crippen molar-refractivity contribution in [3.63, 3.8) is 0 Å². The van der Waals surface area contributed by atoms with Gasteiger partial charge in [-0.25, -0.2) is 8.42 Å². The number of likely N-dealkylation sites (N-methyl/N-ethyl adjacent to an activating group) is 1. The molecule has 44 heavy (non-hydrogen) atoms. The molecule has 1 unspecified atom stereocenters. The zero-order chi connectivity index (χ0) is 31.9. The van der Waals surface area contributed by atoms with Crippen LogP contribution in [0.2, 0.25) is 15.1 Å². The summed E-state index contributed by atoms with van der Waals surface area (Å²) in [5.41, 5.74) is 2.58. The standard InChI is InChI=1S/C33H32Cl3N3O4S/c1-3-37-33(41)31(20-24-7-5-4-6-8-24)38(21-25-11-18-29(35)30(36)19-25)32(40)22-39(27-14-12-26(34)13-15-27)44(42,43)28-16-9-23(2)10-17-28/h4-19,31H,3,20-22H2,1-2H3,(H,37,41). The first-order valence-electron chi connectivity index (χ1n) is 13.9. The van der Waals surface area contributed by atoms with Crippen molar-refractivity contribution in [3.8, 4) is 0 Å². The third-order valence-electron chi connectivity index (χ3n) is 6.96. The number of hydrogen-bond donors (Lipinski definition) is 1. The molecule has 4 aromatic carbocycles. The second-order valence-electron chi connectivity index (χ2n) is 10.2. The van der Waals surface area contributed by atoms with E-state index in [1.165, 1.54) is 29.2 Å². The fourth-order valence-electron chi connectivity index (χ4n) is 4.65. The third kappa shape index (κ3) is 8.33. The lowest BCUT2D eigenvalue weighted by Crippen LogP contribution is -2.53. The van der Waals surface area contributed by atoms with E-state index < -0.39 is 28.5 Å². The van der Waals surface area contributed by atoms with Crippen LogP contribution in [0, 0.1) is 6.92 Å². The van der Waals surface area contributed by atoms with Crippen molar-refractivity contribution in [1.82, 2.24) is 10.2 Å². The van der Waals surface area contributed by atoms with Crippen molar-refractivity contribution in [3.05, 3.63) is 129 Å². The number of rotatable bonds is 12. The van der Waals surface area contributed by atoms with Crippen LogP contribution < -0.4 is 9.62 Å². The Morgan fingerprint density at radius 1 is 0.818 bits per heavy atom. The van der Waals surface area contributed by atoms with Crippen LogP contribution in [0.1, 0.15) is 23.6 Å². The largest absolute Gasteiger partial charge is 0.355 e. The van der Waals surface area contributed by atoms with Crippen LogP contribution in [-0.4, -0.2) is 44.3 Å². The highest BCUT2D eigenvalue weighted by Crippen LogP contribution is 2.28. The molecule has 0 aliphatic rings. The summed E-state index contributed by atoms with van der Waals surface area (Å²) >= 11 is 18.6. The Labute approximate surface area is 273 Å². The lowest BCUT2D eigenvalue weighted by atomic mass is 10.0. The van der Waals surface area contributed by atoms with Crippen molar-refractivity contribution in [1.29, 1.82) is 0 Å². The molecule has 4 rings (SSSR count). The van der Waals surface area contributed by atoms with E-state index in [9.17, 15) is 18.0 Å². The molecule has 1 atom stereocenters. The SMILES string of the molecule is CCNC(=O)C(Cc1ccccc1)N(Cc1ccc(Cl)c(Cl)c1)C(=O)CN(c1ccc(Cl)cc1)S(=O)(=O)c1ccc(C)cc1. The lowest BCUT2D eigenvalue weighted by Gasteiger charge is -2.34. The van der Waals surface area contributed by atoms with E-state index in [1.54, 1.807) is 49.4 Å². The van der Waals surface area contributed by atoms with E-state index in [0.717, 1.165) is 15.4 Å². The second-order valence-corrected chi connectivity index (χ2v) is 13.3. The number of halogens is 3. The fourth-order valence-corrected chi connectivity index (χ4v) is 6.52. The quantitative estimate of drug-likeness (QED) is 0.177. The molecule has 0 aromatic heterocycles. The number of carbonyl (C=O) groups excluding carboxylic acids is 2. The first-order chi connectivity index (χ1) is 21.0. The molecule has 2 amide bonds. The molecule has 0 radical (unpaired) electrons. The topological polar surface area (TPSA) is 86.8 Å². The summed E-state index contributed by atoms with van der Waals surface area (Å²) in [6.45, 7) is 3.38. The Balaban J connectivity index is 1.80. The van der Waals surface area contributed by atoms with Crippen LogP contribution in [-0.2, 0) is 32.6 Å². The fraction of sp³-hybridized carbons (Fsp3) is 0.212. The summed E-state index contributed by atoms with van der Waals surface area (Å²) in [5, 5.41) is 3.88. The minimum Gasteiger partial charge on any atom is -0.355 e. The maximum Gasteiger partial charge on any atom is 0.264 e. The molecular formula is C33H32Cl3N3O4S. The monoisotopic (exact) mass is 671 g/mol. The maximum atomic E-state index is 14.4. The van der Waals surface area contributed by atoms with Crippen molar-refractivity contribution < 1.29 is 18.0 Å². The predicted molar refractivity (Wildman–Crippen MR) is 177 cm³/mol. The van der Waals surface area contributed by atoms with Gasteiger partial charge >= 0.3 is 0 Å². The van der Waals surface area contributed by atoms with Gasteiger partial charge in [0, 0.05) is 24.5 Å². The molecule has 0 aliphatic carbocycles. The summed E-state index contributed by atoms with van der Waals surface area (Å²) in [7, 11) is -4.21. The van der Waals surface area contributed by atoms with Gasteiger partial charge in [-0.05, 0) is 73.5 Å². The molecule has 0 spiro atoms. The average molecular weight is 673 g/mol. The number of nitrogens with one attached hydrogen (secondary N) is 1. The van der Waals surface area contributed by atoms with Crippen LogP contribution in [0.3, 0.4) is 0 Å². The molecule has 0 saturated carbocycles. The number of aryl methyl sites for hydroxylation is 1. The highest BCUT2D eigenvalue weighted by atomic mass is 35.5. The van der Waals surface area contributed by atoms with Crippen LogP contribution in [0.5, 0.6) is 0 Å². The number of sulfonamides is 1. The molecule has 230 valence electrons. The van der Waals surface area contributed by atoms with Crippen LogP contribution in [0.4, 0.5) is 5.69 Å². The van der Waals surface area contributed by atoms with Gasteiger partial charge in [-0.2, -0.15) is 0 Å². The number of hydrogen-bond acceptors (Lipinski definition) is 4. The Morgan fingerprint density at radius 2 is 1.48 bits per heavy atom.